The molecule has 1 saturated carbocycles. The van der Waals surface area contributed by atoms with Crippen molar-refractivity contribution in [2.45, 2.75) is 32.2 Å². The van der Waals surface area contributed by atoms with Crippen LogP contribution in [-0.4, -0.2) is 37.1 Å². The molecule has 0 spiro atoms. The van der Waals surface area contributed by atoms with E-state index in [2.05, 4.69) is 28.9 Å². The summed E-state index contributed by atoms with van der Waals surface area (Å²) in [6.45, 7) is 3.46. The molecule has 0 unspecified atom stereocenters. The van der Waals surface area contributed by atoms with E-state index in [0.29, 0.717) is 18.6 Å². The largest absolute Gasteiger partial charge is 0.494 e. The lowest BCUT2D eigenvalue weighted by Gasteiger charge is -2.16. The second-order valence-electron chi connectivity index (χ2n) is 5.10. The molecule has 0 radical (unpaired) electrons. The Morgan fingerprint density at radius 1 is 1.35 bits per heavy atom. The number of benzene rings is 1. The first kappa shape index (κ1) is 17.1. The summed E-state index contributed by atoms with van der Waals surface area (Å²) in [5.74, 6) is 1.57. The van der Waals surface area contributed by atoms with Gasteiger partial charge in [-0.3, -0.25) is 4.99 Å². The number of hydrogen-bond acceptors (Lipinski definition) is 2. The molecule has 112 valence electrons. The van der Waals surface area contributed by atoms with Gasteiger partial charge in [-0.1, -0.05) is 17.7 Å². The molecule has 0 heterocycles. The zero-order chi connectivity index (χ0) is 13.7. The smallest absolute Gasteiger partial charge is 0.191 e. The Morgan fingerprint density at radius 2 is 2.00 bits per heavy atom. The molecule has 0 atom stereocenters. The van der Waals surface area contributed by atoms with Crippen LogP contribution in [0.3, 0.4) is 0 Å². The molecule has 20 heavy (non-hydrogen) atoms. The SMILES string of the molecule is Cc1ccc(OCCCN=C(N)N(C)C2CC2)cc1.I. The summed E-state index contributed by atoms with van der Waals surface area (Å²) in [4.78, 5) is 6.44. The van der Waals surface area contributed by atoms with Crippen LogP contribution >= 0.6 is 24.0 Å². The lowest BCUT2D eigenvalue weighted by Crippen LogP contribution is -2.35. The first-order chi connectivity index (χ1) is 9.16. The van der Waals surface area contributed by atoms with E-state index < -0.39 is 0 Å². The summed E-state index contributed by atoms with van der Waals surface area (Å²) >= 11 is 0. The Bertz CT molecular complexity index is 429. The lowest BCUT2D eigenvalue weighted by molar-refractivity contribution is 0.313. The Morgan fingerprint density at radius 3 is 2.60 bits per heavy atom. The van der Waals surface area contributed by atoms with E-state index in [1.807, 2.05) is 19.2 Å². The number of hydrogen-bond donors (Lipinski definition) is 1. The van der Waals surface area contributed by atoms with Gasteiger partial charge in [-0.15, -0.1) is 24.0 Å². The highest BCUT2D eigenvalue weighted by molar-refractivity contribution is 14.0. The van der Waals surface area contributed by atoms with Crippen molar-refractivity contribution in [1.29, 1.82) is 0 Å². The van der Waals surface area contributed by atoms with Crippen molar-refractivity contribution in [1.82, 2.24) is 4.90 Å². The summed E-state index contributed by atoms with van der Waals surface area (Å²) in [6, 6.07) is 8.71. The highest BCUT2D eigenvalue weighted by Gasteiger charge is 2.27. The molecular formula is C15H24IN3O. The topological polar surface area (TPSA) is 50.9 Å². The number of aryl methyl sites for hydroxylation is 1. The van der Waals surface area contributed by atoms with Crippen molar-refractivity contribution in [3.05, 3.63) is 29.8 Å². The molecule has 1 aromatic rings. The van der Waals surface area contributed by atoms with Gasteiger partial charge in [0, 0.05) is 26.1 Å². The predicted octanol–water partition coefficient (Wildman–Crippen LogP) is 2.79. The summed E-state index contributed by atoms with van der Waals surface area (Å²) in [5.41, 5.74) is 7.15. The van der Waals surface area contributed by atoms with E-state index in [-0.39, 0.29) is 24.0 Å². The van der Waals surface area contributed by atoms with Crippen LogP contribution in [0.2, 0.25) is 0 Å². The number of rotatable bonds is 6. The molecule has 1 fully saturated rings. The third kappa shape index (κ3) is 5.56. The monoisotopic (exact) mass is 389 g/mol. The number of guanidine groups is 1. The molecule has 2 rings (SSSR count). The van der Waals surface area contributed by atoms with Gasteiger partial charge in [-0.25, -0.2) is 0 Å². The number of nitrogens with two attached hydrogens (primary N) is 1. The number of ether oxygens (including phenoxy) is 1. The maximum Gasteiger partial charge on any atom is 0.191 e. The first-order valence-corrected chi connectivity index (χ1v) is 6.89. The van der Waals surface area contributed by atoms with Crippen molar-refractivity contribution in [2.24, 2.45) is 10.7 Å². The Hall–Kier alpha value is -0.980. The van der Waals surface area contributed by atoms with Gasteiger partial charge in [0.05, 0.1) is 6.61 Å². The Kier molecular flexibility index (Phi) is 7.12. The summed E-state index contributed by atoms with van der Waals surface area (Å²) in [6.07, 6.45) is 3.36. The van der Waals surface area contributed by atoms with E-state index in [0.717, 1.165) is 18.7 Å². The van der Waals surface area contributed by atoms with Gasteiger partial charge in [-0.05, 0) is 31.9 Å². The summed E-state index contributed by atoms with van der Waals surface area (Å²) in [5, 5.41) is 0. The van der Waals surface area contributed by atoms with Crippen molar-refractivity contribution in [3.8, 4) is 5.75 Å². The second kappa shape index (κ2) is 8.34. The second-order valence-corrected chi connectivity index (χ2v) is 5.10. The van der Waals surface area contributed by atoms with Crippen LogP contribution in [0.4, 0.5) is 0 Å². The minimum atomic E-state index is 0. The Balaban J connectivity index is 0.00000200. The lowest BCUT2D eigenvalue weighted by atomic mass is 10.2. The zero-order valence-corrected chi connectivity index (χ0v) is 14.5. The highest BCUT2D eigenvalue weighted by Crippen LogP contribution is 2.24. The molecule has 2 N–H and O–H groups in total. The molecule has 0 aliphatic heterocycles. The van der Waals surface area contributed by atoms with Gasteiger partial charge in [0.2, 0.25) is 0 Å². The molecule has 1 aliphatic rings. The van der Waals surface area contributed by atoms with E-state index in [1.54, 1.807) is 0 Å². The summed E-state index contributed by atoms with van der Waals surface area (Å²) in [7, 11) is 2.01. The standard InChI is InChI=1S/C15H23N3O.HI/c1-12-4-8-14(9-5-12)19-11-3-10-17-15(16)18(2)13-6-7-13;/h4-5,8-9,13H,3,6-7,10-11H2,1-2H3,(H2,16,17);1H. The first-order valence-electron chi connectivity index (χ1n) is 6.89. The van der Waals surface area contributed by atoms with Gasteiger partial charge in [-0.2, -0.15) is 0 Å². The molecule has 1 aromatic carbocycles. The molecule has 5 heteroatoms. The normalized spacial score (nSPS) is 14.6. The minimum Gasteiger partial charge on any atom is -0.494 e. The molecule has 0 aromatic heterocycles. The third-order valence-electron chi connectivity index (χ3n) is 3.32. The third-order valence-corrected chi connectivity index (χ3v) is 3.32. The van der Waals surface area contributed by atoms with Crippen LogP contribution in [0.1, 0.15) is 24.8 Å². The molecular weight excluding hydrogens is 365 g/mol. The fourth-order valence-corrected chi connectivity index (χ4v) is 1.84. The van der Waals surface area contributed by atoms with Gasteiger partial charge in [0.1, 0.15) is 5.75 Å². The van der Waals surface area contributed by atoms with Crippen molar-refractivity contribution >= 4 is 29.9 Å². The van der Waals surface area contributed by atoms with Gasteiger partial charge >= 0.3 is 0 Å². The van der Waals surface area contributed by atoms with Crippen LogP contribution in [0.25, 0.3) is 0 Å². The number of aliphatic imine (C=N–C) groups is 1. The van der Waals surface area contributed by atoms with Crippen LogP contribution in [-0.2, 0) is 0 Å². The molecule has 4 nitrogen and oxygen atoms in total. The highest BCUT2D eigenvalue weighted by atomic mass is 127. The van der Waals surface area contributed by atoms with Crippen molar-refractivity contribution in [2.75, 3.05) is 20.2 Å². The Labute approximate surface area is 138 Å². The van der Waals surface area contributed by atoms with Crippen LogP contribution in [0, 0.1) is 6.92 Å². The van der Waals surface area contributed by atoms with E-state index in [1.165, 1.54) is 18.4 Å². The van der Waals surface area contributed by atoms with E-state index >= 15 is 0 Å². The average Bonchev–Trinajstić information content (AvgIpc) is 3.24. The van der Waals surface area contributed by atoms with E-state index in [4.69, 9.17) is 10.5 Å². The minimum absolute atomic E-state index is 0. The van der Waals surface area contributed by atoms with Crippen molar-refractivity contribution < 1.29 is 4.74 Å². The van der Waals surface area contributed by atoms with Crippen LogP contribution < -0.4 is 10.5 Å². The molecule has 0 saturated heterocycles. The predicted molar refractivity (Wildman–Crippen MR) is 94.0 cm³/mol. The van der Waals surface area contributed by atoms with Crippen LogP contribution in [0.15, 0.2) is 29.3 Å². The zero-order valence-electron chi connectivity index (χ0n) is 12.2. The quantitative estimate of drug-likeness (QED) is 0.352. The van der Waals surface area contributed by atoms with Gasteiger partial charge < -0.3 is 15.4 Å². The fourth-order valence-electron chi connectivity index (χ4n) is 1.84. The van der Waals surface area contributed by atoms with Crippen molar-refractivity contribution in [3.63, 3.8) is 0 Å². The number of nitrogens with zero attached hydrogens (tertiary/aromatic N) is 2. The summed E-state index contributed by atoms with van der Waals surface area (Å²) < 4.78 is 5.64. The van der Waals surface area contributed by atoms with Crippen LogP contribution in [0.5, 0.6) is 5.75 Å². The fraction of sp³-hybridized carbons (Fsp3) is 0.533. The molecule has 0 bridgehead atoms. The number of halogens is 1. The average molecular weight is 389 g/mol. The molecule has 1 aliphatic carbocycles. The van der Waals surface area contributed by atoms with Gasteiger partial charge in [0.25, 0.3) is 0 Å². The van der Waals surface area contributed by atoms with Gasteiger partial charge in [0.15, 0.2) is 5.96 Å². The molecule has 0 amide bonds. The maximum atomic E-state index is 5.90. The maximum absolute atomic E-state index is 5.90. The van der Waals surface area contributed by atoms with E-state index in [9.17, 15) is 0 Å².